The predicted octanol–water partition coefficient (Wildman–Crippen LogP) is 2.12. The van der Waals surface area contributed by atoms with Gasteiger partial charge in [-0.15, -0.1) is 0 Å². The monoisotopic (exact) mass is 223 g/mol. The number of nitrogens with one attached hydrogen (secondary N) is 1. The van der Waals surface area contributed by atoms with Gasteiger partial charge in [0.25, 0.3) is 0 Å². The Labute approximate surface area is 97.4 Å². The second kappa shape index (κ2) is 6.51. The molecule has 0 saturated heterocycles. The first-order valence-corrected chi connectivity index (χ1v) is 5.77. The maximum Gasteiger partial charge on any atom is 0.124 e. The Morgan fingerprint density at radius 3 is 2.62 bits per heavy atom. The van der Waals surface area contributed by atoms with E-state index in [1.54, 1.807) is 0 Å². The predicted molar refractivity (Wildman–Crippen MR) is 65.7 cm³/mol. The van der Waals surface area contributed by atoms with Crippen LogP contribution in [-0.2, 0) is 0 Å². The molecule has 0 amide bonds. The van der Waals surface area contributed by atoms with Gasteiger partial charge < -0.3 is 15.2 Å². The third kappa shape index (κ3) is 3.51. The molecule has 16 heavy (non-hydrogen) atoms. The molecule has 0 spiro atoms. The molecule has 2 atom stereocenters. The van der Waals surface area contributed by atoms with Crippen LogP contribution >= 0.6 is 0 Å². The van der Waals surface area contributed by atoms with Crippen LogP contribution in [0.25, 0.3) is 0 Å². The Bertz CT molecular complexity index is 315. The highest BCUT2D eigenvalue weighted by atomic mass is 16.5. The quantitative estimate of drug-likeness (QED) is 0.776. The number of benzene rings is 1. The standard InChI is InChI=1S/C13H21NO2/c1-4-16-13-8-6-5-7-12(13)11(3)14-10(2)9-15/h5-8,10-11,14-15H,4,9H2,1-3H3. The molecule has 2 N–H and O–H groups in total. The largest absolute Gasteiger partial charge is 0.494 e. The van der Waals surface area contributed by atoms with Crippen molar-refractivity contribution in [3.63, 3.8) is 0 Å². The number of hydrogen-bond donors (Lipinski definition) is 2. The highest BCUT2D eigenvalue weighted by Gasteiger charge is 2.12. The molecule has 90 valence electrons. The lowest BCUT2D eigenvalue weighted by Crippen LogP contribution is -2.31. The summed E-state index contributed by atoms with van der Waals surface area (Å²) in [5.41, 5.74) is 1.13. The zero-order valence-corrected chi connectivity index (χ0v) is 10.2. The maximum atomic E-state index is 9.01. The summed E-state index contributed by atoms with van der Waals surface area (Å²) in [7, 11) is 0. The summed E-state index contributed by atoms with van der Waals surface area (Å²) in [6.07, 6.45) is 0. The van der Waals surface area contributed by atoms with Gasteiger partial charge in [0.2, 0.25) is 0 Å². The van der Waals surface area contributed by atoms with Gasteiger partial charge in [0, 0.05) is 17.6 Å². The molecule has 1 aromatic carbocycles. The van der Waals surface area contributed by atoms with Crippen LogP contribution in [0.1, 0.15) is 32.4 Å². The van der Waals surface area contributed by atoms with Gasteiger partial charge in [0.15, 0.2) is 0 Å². The van der Waals surface area contributed by atoms with Crippen LogP contribution in [0.2, 0.25) is 0 Å². The summed E-state index contributed by atoms with van der Waals surface area (Å²) in [5, 5.41) is 12.3. The highest BCUT2D eigenvalue weighted by Crippen LogP contribution is 2.24. The molecule has 0 aliphatic carbocycles. The lowest BCUT2D eigenvalue weighted by atomic mass is 10.1. The van der Waals surface area contributed by atoms with Crippen molar-refractivity contribution in [3.05, 3.63) is 29.8 Å². The van der Waals surface area contributed by atoms with Gasteiger partial charge in [0.1, 0.15) is 5.75 Å². The van der Waals surface area contributed by atoms with Crippen LogP contribution in [-0.4, -0.2) is 24.4 Å². The van der Waals surface area contributed by atoms with E-state index in [1.165, 1.54) is 0 Å². The molecular formula is C13H21NO2. The Morgan fingerprint density at radius 1 is 1.31 bits per heavy atom. The highest BCUT2D eigenvalue weighted by molar-refractivity contribution is 5.35. The molecule has 0 bridgehead atoms. The minimum Gasteiger partial charge on any atom is -0.494 e. The van der Waals surface area contributed by atoms with Crippen molar-refractivity contribution in [2.45, 2.75) is 32.9 Å². The molecule has 0 fully saturated rings. The van der Waals surface area contributed by atoms with Crippen molar-refractivity contribution in [2.24, 2.45) is 0 Å². The molecule has 0 saturated carbocycles. The first-order chi connectivity index (χ1) is 7.69. The average Bonchev–Trinajstić information content (AvgIpc) is 2.30. The Balaban J connectivity index is 2.77. The van der Waals surface area contributed by atoms with E-state index in [9.17, 15) is 0 Å². The van der Waals surface area contributed by atoms with Crippen molar-refractivity contribution in [1.29, 1.82) is 0 Å². The molecule has 3 heteroatoms. The summed E-state index contributed by atoms with van der Waals surface area (Å²) in [5.74, 6) is 0.912. The first-order valence-electron chi connectivity index (χ1n) is 5.77. The Morgan fingerprint density at radius 2 is 2.00 bits per heavy atom. The number of para-hydroxylation sites is 1. The summed E-state index contributed by atoms with van der Waals surface area (Å²) >= 11 is 0. The third-order valence-corrected chi connectivity index (χ3v) is 2.49. The zero-order valence-electron chi connectivity index (χ0n) is 10.2. The second-order valence-corrected chi connectivity index (χ2v) is 3.94. The third-order valence-electron chi connectivity index (χ3n) is 2.49. The van der Waals surface area contributed by atoms with Gasteiger partial charge in [-0.05, 0) is 26.8 Å². The van der Waals surface area contributed by atoms with Gasteiger partial charge >= 0.3 is 0 Å². The molecular weight excluding hydrogens is 202 g/mol. The number of ether oxygens (including phenoxy) is 1. The van der Waals surface area contributed by atoms with Crippen LogP contribution in [0.15, 0.2) is 24.3 Å². The Kier molecular flexibility index (Phi) is 5.29. The van der Waals surface area contributed by atoms with Crippen molar-refractivity contribution in [2.75, 3.05) is 13.2 Å². The number of hydrogen-bond acceptors (Lipinski definition) is 3. The van der Waals surface area contributed by atoms with E-state index < -0.39 is 0 Å². The van der Waals surface area contributed by atoms with Crippen molar-refractivity contribution in [1.82, 2.24) is 5.32 Å². The zero-order chi connectivity index (χ0) is 12.0. The summed E-state index contributed by atoms with van der Waals surface area (Å²) in [4.78, 5) is 0. The van der Waals surface area contributed by atoms with Crippen LogP contribution < -0.4 is 10.1 Å². The van der Waals surface area contributed by atoms with Crippen LogP contribution in [0.3, 0.4) is 0 Å². The molecule has 1 rings (SSSR count). The van der Waals surface area contributed by atoms with E-state index in [4.69, 9.17) is 9.84 Å². The average molecular weight is 223 g/mol. The fourth-order valence-electron chi connectivity index (χ4n) is 1.69. The molecule has 0 aromatic heterocycles. The molecule has 1 aromatic rings. The number of aliphatic hydroxyl groups excluding tert-OH is 1. The van der Waals surface area contributed by atoms with Crippen molar-refractivity contribution in [3.8, 4) is 5.75 Å². The minimum absolute atomic E-state index is 0.0877. The first kappa shape index (κ1) is 13.0. The fraction of sp³-hybridized carbons (Fsp3) is 0.538. The van der Waals surface area contributed by atoms with Gasteiger partial charge in [-0.1, -0.05) is 18.2 Å². The van der Waals surface area contributed by atoms with E-state index in [0.717, 1.165) is 11.3 Å². The molecule has 0 aliphatic rings. The van der Waals surface area contributed by atoms with Crippen molar-refractivity contribution >= 4 is 0 Å². The smallest absolute Gasteiger partial charge is 0.124 e. The van der Waals surface area contributed by atoms with Crippen LogP contribution in [0.4, 0.5) is 0 Å². The summed E-state index contributed by atoms with van der Waals surface area (Å²) < 4.78 is 5.57. The number of rotatable bonds is 6. The molecule has 0 aliphatic heterocycles. The summed E-state index contributed by atoms with van der Waals surface area (Å²) in [6, 6.07) is 8.25. The summed E-state index contributed by atoms with van der Waals surface area (Å²) in [6.45, 7) is 6.81. The minimum atomic E-state index is 0.0877. The SMILES string of the molecule is CCOc1ccccc1C(C)NC(C)CO. The van der Waals surface area contributed by atoms with E-state index in [-0.39, 0.29) is 18.7 Å². The van der Waals surface area contributed by atoms with E-state index in [0.29, 0.717) is 6.61 Å². The topological polar surface area (TPSA) is 41.5 Å². The van der Waals surface area contributed by atoms with E-state index in [2.05, 4.69) is 12.2 Å². The van der Waals surface area contributed by atoms with Gasteiger partial charge in [-0.25, -0.2) is 0 Å². The molecule has 0 radical (unpaired) electrons. The Hall–Kier alpha value is -1.06. The molecule has 3 nitrogen and oxygen atoms in total. The van der Waals surface area contributed by atoms with Crippen molar-refractivity contribution < 1.29 is 9.84 Å². The maximum absolute atomic E-state index is 9.01. The van der Waals surface area contributed by atoms with Gasteiger partial charge in [0.05, 0.1) is 13.2 Å². The number of aliphatic hydroxyl groups is 1. The fourth-order valence-corrected chi connectivity index (χ4v) is 1.69. The van der Waals surface area contributed by atoms with Crippen LogP contribution in [0, 0.1) is 0 Å². The van der Waals surface area contributed by atoms with Gasteiger partial charge in [-0.2, -0.15) is 0 Å². The lowest BCUT2D eigenvalue weighted by Gasteiger charge is -2.21. The van der Waals surface area contributed by atoms with E-state index in [1.807, 2.05) is 38.1 Å². The molecule has 0 heterocycles. The van der Waals surface area contributed by atoms with Crippen LogP contribution in [0.5, 0.6) is 5.75 Å². The normalized spacial score (nSPS) is 14.5. The molecule has 2 unspecified atom stereocenters. The van der Waals surface area contributed by atoms with Gasteiger partial charge in [-0.3, -0.25) is 0 Å². The second-order valence-electron chi connectivity index (χ2n) is 3.94. The lowest BCUT2D eigenvalue weighted by molar-refractivity contribution is 0.241. The van der Waals surface area contributed by atoms with E-state index >= 15 is 0 Å².